The van der Waals surface area contributed by atoms with E-state index in [0.717, 1.165) is 18.6 Å². The summed E-state index contributed by atoms with van der Waals surface area (Å²) in [7, 11) is 0. The molecule has 4 N–H and O–H groups in total. The number of aliphatic carboxylic acids is 1. The van der Waals surface area contributed by atoms with Crippen molar-refractivity contribution in [1.29, 1.82) is 0 Å². The molecule has 140 valence electrons. The molecule has 8 heteroatoms. The van der Waals surface area contributed by atoms with E-state index < -0.39 is 12.0 Å². The Balaban J connectivity index is 1.40. The number of rotatable bonds is 8. The van der Waals surface area contributed by atoms with Crippen LogP contribution in [0.4, 0.5) is 4.79 Å². The summed E-state index contributed by atoms with van der Waals surface area (Å²) in [6.07, 6.45) is 2.80. The fraction of sp³-hybridized carbons (Fsp3) is 0.500. The van der Waals surface area contributed by atoms with Crippen LogP contribution in [0, 0.1) is 0 Å². The van der Waals surface area contributed by atoms with Gasteiger partial charge in [-0.15, -0.1) is 0 Å². The molecule has 3 amide bonds. The van der Waals surface area contributed by atoms with Crippen LogP contribution >= 0.6 is 11.8 Å². The fourth-order valence-corrected chi connectivity index (χ4v) is 4.98. The lowest BCUT2D eigenvalue weighted by Crippen LogP contribution is -2.36. The third-order valence-corrected chi connectivity index (χ3v) is 6.27. The summed E-state index contributed by atoms with van der Waals surface area (Å²) in [5.74, 6) is -0.400. The van der Waals surface area contributed by atoms with Crippen molar-refractivity contribution < 1.29 is 19.5 Å². The van der Waals surface area contributed by atoms with Gasteiger partial charge in [-0.2, -0.15) is 11.8 Å². The van der Waals surface area contributed by atoms with Crippen LogP contribution in [0.2, 0.25) is 0 Å². The number of thioether (sulfide) groups is 1. The Bertz CT molecular complexity index is 670. The SMILES string of the molecule is O=C(CCCC[C@@H]1SC[C@@H]2NC(=O)N[C@@H]21)N[C@H](C(=O)O)c1ccccc1. The predicted molar refractivity (Wildman–Crippen MR) is 98.9 cm³/mol. The summed E-state index contributed by atoms with van der Waals surface area (Å²) < 4.78 is 0. The van der Waals surface area contributed by atoms with Crippen LogP contribution < -0.4 is 16.0 Å². The minimum atomic E-state index is -1.07. The normalized spacial score (nSPS) is 25.1. The van der Waals surface area contributed by atoms with Crippen LogP contribution in [0.1, 0.15) is 37.3 Å². The maximum absolute atomic E-state index is 12.1. The summed E-state index contributed by atoms with van der Waals surface area (Å²) in [4.78, 5) is 34.9. The number of fused-ring (bicyclic) bond motifs is 1. The van der Waals surface area contributed by atoms with Gasteiger partial charge in [0.2, 0.25) is 5.91 Å². The van der Waals surface area contributed by atoms with Gasteiger partial charge in [-0.25, -0.2) is 9.59 Å². The van der Waals surface area contributed by atoms with E-state index in [-0.39, 0.29) is 24.0 Å². The second-order valence-electron chi connectivity index (χ2n) is 6.62. The highest BCUT2D eigenvalue weighted by Crippen LogP contribution is 2.33. The van der Waals surface area contributed by atoms with E-state index in [1.54, 1.807) is 30.3 Å². The number of carbonyl (C=O) groups is 3. The van der Waals surface area contributed by atoms with Crippen LogP contribution in [-0.4, -0.2) is 46.1 Å². The van der Waals surface area contributed by atoms with E-state index in [1.165, 1.54) is 0 Å². The summed E-state index contributed by atoms with van der Waals surface area (Å²) in [6.45, 7) is 0. The molecule has 0 saturated carbocycles. The Labute approximate surface area is 156 Å². The molecule has 4 atom stereocenters. The molecule has 2 saturated heterocycles. The van der Waals surface area contributed by atoms with E-state index in [9.17, 15) is 19.5 Å². The molecule has 2 aliphatic heterocycles. The second kappa shape index (κ2) is 8.44. The van der Waals surface area contributed by atoms with E-state index in [2.05, 4.69) is 16.0 Å². The third kappa shape index (κ3) is 4.49. The quantitative estimate of drug-likeness (QED) is 0.407. The van der Waals surface area contributed by atoms with Gasteiger partial charge >= 0.3 is 12.0 Å². The number of nitrogens with one attached hydrogen (secondary N) is 3. The number of urea groups is 1. The Morgan fingerprint density at radius 2 is 2.00 bits per heavy atom. The molecule has 0 radical (unpaired) electrons. The number of carboxylic acids is 1. The van der Waals surface area contributed by atoms with Crippen molar-refractivity contribution in [3.8, 4) is 0 Å². The van der Waals surface area contributed by atoms with Crippen molar-refractivity contribution in [1.82, 2.24) is 16.0 Å². The van der Waals surface area contributed by atoms with Gasteiger partial charge in [0.1, 0.15) is 0 Å². The Morgan fingerprint density at radius 1 is 1.23 bits per heavy atom. The molecular weight excluding hydrogens is 354 g/mol. The van der Waals surface area contributed by atoms with Gasteiger partial charge in [0, 0.05) is 17.4 Å². The summed E-state index contributed by atoms with van der Waals surface area (Å²) >= 11 is 1.85. The van der Waals surface area contributed by atoms with Crippen molar-refractivity contribution in [3.05, 3.63) is 35.9 Å². The summed E-state index contributed by atoms with van der Waals surface area (Å²) in [5.41, 5.74) is 0.561. The lowest BCUT2D eigenvalue weighted by molar-refractivity contribution is -0.142. The van der Waals surface area contributed by atoms with Crippen molar-refractivity contribution >= 4 is 29.7 Å². The zero-order chi connectivity index (χ0) is 18.5. The number of carboxylic acid groups (broad SMARTS) is 1. The molecule has 1 aromatic rings. The predicted octanol–water partition coefficient (Wildman–Crippen LogP) is 1.65. The molecule has 0 aromatic heterocycles. The molecular formula is C18H23N3O4S. The van der Waals surface area contributed by atoms with Gasteiger partial charge in [-0.05, 0) is 18.4 Å². The lowest BCUT2D eigenvalue weighted by Gasteiger charge is -2.17. The number of carbonyl (C=O) groups excluding carboxylic acids is 2. The highest BCUT2D eigenvalue weighted by atomic mass is 32.2. The first-order valence-corrected chi connectivity index (χ1v) is 9.85. The maximum atomic E-state index is 12.1. The van der Waals surface area contributed by atoms with Crippen LogP contribution in [0.15, 0.2) is 30.3 Å². The topological polar surface area (TPSA) is 108 Å². The largest absolute Gasteiger partial charge is 0.479 e. The number of hydrogen-bond donors (Lipinski definition) is 4. The van der Waals surface area contributed by atoms with Crippen molar-refractivity contribution in [2.24, 2.45) is 0 Å². The average molecular weight is 377 g/mol. The Kier molecular flexibility index (Phi) is 6.03. The molecule has 0 aliphatic carbocycles. The number of amides is 3. The first-order chi connectivity index (χ1) is 12.5. The van der Waals surface area contributed by atoms with Gasteiger partial charge < -0.3 is 21.1 Å². The molecule has 2 aliphatic rings. The number of benzene rings is 1. The maximum Gasteiger partial charge on any atom is 0.330 e. The molecule has 0 unspecified atom stereocenters. The van der Waals surface area contributed by atoms with Gasteiger partial charge in [-0.3, -0.25) is 4.79 Å². The molecule has 7 nitrogen and oxygen atoms in total. The smallest absolute Gasteiger partial charge is 0.330 e. The molecule has 2 fully saturated rings. The molecule has 0 spiro atoms. The third-order valence-electron chi connectivity index (χ3n) is 4.77. The van der Waals surface area contributed by atoms with Crippen LogP contribution in [0.3, 0.4) is 0 Å². The summed E-state index contributed by atoms with van der Waals surface area (Å²) in [5, 5.41) is 18.2. The number of hydrogen-bond acceptors (Lipinski definition) is 4. The van der Waals surface area contributed by atoms with Crippen LogP contribution in [-0.2, 0) is 9.59 Å². The molecule has 1 aromatic carbocycles. The van der Waals surface area contributed by atoms with Gasteiger partial charge in [0.25, 0.3) is 0 Å². The zero-order valence-electron chi connectivity index (χ0n) is 14.3. The highest BCUT2D eigenvalue weighted by molar-refractivity contribution is 8.00. The average Bonchev–Trinajstić information content (AvgIpc) is 3.16. The standard InChI is InChI=1S/C18H23N3O4S/c22-14(20-15(17(23)24)11-6-2-1-3-7-11)9-5-4-8-13-16-12(10-26-13)19-18(25)21-16/h1-3,6-7,12-13,15-16H,4-5,8-10H2,(H,20,22)(H,23,24)(H2,19,21,25)/t12-,13-,15-,16-/m0/s1. The first kappa shape index (κ1) is 18.6. The van der Waals surface area contributed by atoms with E-state index in [1.807, 2.05) is 11.8 Å². The molecule has 3 rings (SSSR count). The summed E-state index contributed by atoms with van der Waals surface area (Å²) in [6, 6.07) is 7.96. The van der Waals surface area contributed by atoms with Gasteiger partial charge in [-0.1, -0.05) is 36.8 Å². The Morgan fingerprint density at radius 3 is 2.73 bits per heavy atom. The minimum Gasteiger partial charge on any atom is -0.479 e. The van der Waals surface area contributed by atoms with Crippen LogP contribution in [0.5, 0.6) is 0 Å². The van der Waals surface area contributed by atoms with Crippen molar-refractivity contribution in [2.75, 3.05) is 5.75 Å². The zero-order valence-corrected chi connectivity index (χ0v) is 15.1. The van der Waals surface area contributed by atoms with Crippen molar-refractivity contribution in [2.45, 2.75) is 49.1 Å². The Hall–Kier alpha value is -2.22. The van der Waals surface area contributed by atoms with Gasteiger partial charge in [0.05, 0.1) is 12.1 Å². The minimum absolute atomic E-state index is 0.0923. The van der Waals surface area contributed by atoms with E-state index in [4.69, 9.17) is 0 Å². The second-order valence-corrected chi connectivity index (χ2v) is 7.89. The van der Waals surface area contributed by atoms with E-state index >= 15 is 0 Å². The van der Waals surface area contributed by atoms with Crippen LogP contribution in [0.25, 0.3) is 0 Å². The van der Waals surface area contributed by atoms with Gasteiger partial charge in [0.15, 0.2) is 6.04 Å². The molecule has 0 bridgehead atoms. The first-order valence-electron chi connectivity index (χ1n) is 8.80. The number of unbranched alkanes of at least 4 members (excludes halogenated alkanes) is 1. The monoisotopic (exact) mass is 377 g/mol. The molecule has 26 heavy (non-hydrogen) atoms. The molecule has 2 heterocycles. The van der Waals surface area contributed by atoms with E-state index in [0.29, 0.717) is 23.7 Å². The lowest BCUT2D eigenvalue weighted by atomic mass is 10.0. The highest BCUT2D eigenvalue weighted by Gasteiger charge is 2.42. The van der Waals surface area contributed by atoms with Crippen molar-refractivity contribution in [3.63, 3.8) is 0 Å². The fourth-order valence-electron chi connectivity index (χ4n) is 3.44.